The highest BCUT2D eigenvalue weighted by molar-refractivity contribution is 7.99. The normalized spacial score (nSPS) is 24.0. The average Bonchev–Trinajstić information content (AvgIpc) is 3.00. The van der Waals surface area contributed by atoms with Crippen molar-refractivity contribution in [1.29, 1.82) is 0 Å². The van der Waals surface area contributed by atoms with Crippen molar-refractivity contribution < 1.29 is 19.4 Å². The van der Waals surface area contributed by atoms with Crippen LogP contribution in [-0.4, -0.2) is 78.0 Å². The fourth-order valence-corrected chi connectivity index (χ4v) is 3.85. The molecule has 0 saturated carbocycles. The van der Waals surface area contributed by atoms with E-state index in [1.165, 1.54) is 0 Å². The molecule has 7 heteroatoms. The van der Waals surface area contributed by atoms with Gasteiger partial charge in [0, 0.05) is 29.8 Å². The largest absolute Gasteiger partial charge is 0.396 e. The first-order chi connectivity index (χ1) is 11.5. The third kappa shape index (κ3) is 3.58. The first-order valence-electron chi connectivity index (χ1n) is 8.04. The summed E-state index contributed by atoms with van der Waals surface area (Å²) >= 11 is 1.56. The van der Waals surface area contributed by atoms with Crippen LogP contribution in [0.5, 0.6) is 0 Å². The number of thioether (sulfide) groups is 1. The van der Waals surface area contributed by atoms with E-state index in [0.717, 1.165) is 11.3 Å². The van der Waals surface area contributed by atoms with Crippen molar-refractivity contribution in [2.75, 3.05) is 45.6 Å². The van der Waals surface area contributed by atoms with Crippen LogP contribution in [0.4, 0.5) is 0 Å². The molecular formula is C17H22N2O4S. The monoisotopic (exact) mass is 350 g/mol. The summed E-state index contributed by atoms with van der Waals surface area (Å²) in [7, 11) is 1.78. The number of likely N-dealkylation sites (tertiary alicyclic amines) is 1. The first-order valence-corrected chi connectivity index (χ1v) is 9.02. The fourth-order valence-electron chi connectivity index (χ4n) is 3.20. The molecule has 2 aliphatic rings. The van der Waals surface area contributed by atoms with E-state index in [9.17, 15) is 9.59 Å². The van der Waals surface area contributed by atoms with Crippen molar-refractivity contribution in [3.8, 4) is 0 Å². The molecule has 1 aromatic rings. The summed E-state index contributed by atoms with van der Waals surface area (Å²) in [6.45, 7) is 1.92. The summed E-state index contributed by atoms with van der Waals surface area (Å²) < 4.78 is 5.78. The van der Waals surface area contributed by atoms with Crippen LogP contribution in [-0.2, 0) is 9.53 Å². The van der Waals surface area contributed by atoms with Gasteiger partial charge in [0.15, 0.2) is 0 Å². The molecule has 1 atom stereocenters. The van der Waals surface area contributed by atoms with Gasteiger partial charge in [0.05, 0.1) is 19.7 Å². The number of aliphatic hydroxyl groups is 1. The van der Waals surface area contributed by atoms with E-state index in [2.05, 4.69) is 0 Å². The molecule has 2 fully saturated rings. The van der Waals surface area contributed by atoms with Gasteiger partial charge in [-0.3, -0.25) is 9.59 Å². The molecule has 0 aliphatic carbocycles. The number of likely N-dealkylation sites (N-methyl/N-ethyl adjacent to an activating group) is 1. The molecule has 2 amide bonds. The number of amides is 2. The van der Waals surface area contributed by atoms with Gasteiger partial charge in [0.1, 0.15) is 12.2 Å². The first kappa shape index (κ1) is 17.3. The summed E-state index contributed by atoms with van der Waals surface area (Å²) in [6, 6.07) is 7.46. The van der Waals surface area contributed by atoms with Crippen LogP contribution in [0.2, 0.25) is 0 Å². The van der Waals surface area contributed by atoms with Crippen LogP contribution in [0, 0.1) is 0 Å². The third-order valence-electron chi connectivity index (χ3n) is 4.52. The molecule has 0 bridgehead atoms. The SMILES string of the molecule is CN1C[C@]2(CCN(C(=O)c3ccc(SCCO)cc3)C2)OCC1=O. The number of carbonyl (C=O) groups is 2. The quantitative estimate of drug-likeness (QED) is 0.815. The second kappa shape index (κ2) is 7.13. The summed E-state index contributed by atoms with van der Waals surface area (Å²) in [4.78, 5) is 28.8. The average molecular weight is 350 g/mol. The Labute approximate surface area is 145 Å². The van der Waals surface area contributed by atoms with E-state index in [0.29, 0.717) is 31.0 Å². The zero-order chi connectivity index (χ0) is 17.2. The molecule has 6 nitrogen and oxygen atoms in total. The Balaban J connectivity index is 1.63. The lowest BCUT2D eigenvalue weighted by atomic mass is 10.0. The predicted octanol–water partition coefficient (Wildman–Crippen LogP) is 0.844. The number of hydrogen-bond donors (Lipinski definition) is 1. The van der Waals surface area contributed by atoms with Crippen LogP contribution in [0.15, 0.2) is 29.2 Å². The molecule has 24 heavy (non-hydrogen) atoms. The van der Waals surface area contributed by atoms with Crippen LogP contribution < -0.4 is 0 Å². The summed E-state index contributed by atoms with van der Waals surface area (Å²) in [6.07, 6.45) is 0.751. The minimum atomic E-state index is -0.421. The second-order valence-electron chi connectivity index (χ2n) is 6.29. The number of morpholine rings is 1. The molecule has 2 aliphatic heterocycles. The van der Waals surface area contributed by atoms with E-state index in [1.54, 1.807) is 28.6 Å². The lowest BCUT2D eigenvalue weighted by molar-refractivity contribution is -0.158. The number of carbonyl (C=O) groups excluding carboxylic acids is 2. The Morgan fingerprint density at radius 3 is 2.75 bits per heavy atom. The molecular weight excluding hydrogens is 328 g/mol. The minimum Gasteiger partial charge on any atom is -0.396 e. The van der Waals surface area contributed by atoms with Gasteiger partial charge < -0.3 is 19.6 Å². The van der Waals surface area contributed by atoms with Crippen molar-refractivity contribution in [1.82, 2.24) is 9.80 Å². The van der Waals surface area contributed by atoms with Crippen LogP contribution in [0.1, 0.15) is 16.8 Å². The van der Waals surface area contributed by atoms with E-state index in [1.807, 2.05) is 24.3 Å². The maximum absolute atomic E-state index is 12.7. The molecule has 2 saturated heterocycles. The van der Waals surface area contributed by atoms with Gasteiger partial charge in [-0.1, -0.05) is 0 Å². The van der Waals surface area contributed by atoms with E-state index in [4.69, 9.17) is 9.84 Å². The van der Waals surface area contributed by atoms with Gasteiger partial charge >= 0.3 is 0 Å². The zero-order valence-electron chi connectivity index (χ0n) is 13.7. The summed E-state index contributed by atoms with van der Waals surface area (Å²) in [5.74, 6) is 0.626. The number of nitrogens with zero attached hydrogens (tertiary/aromatic N) is 2. The van der Waals surface area contributed by atoms with Gasteiger partial charge in [-0.2, -0.15) is 0 Å². The number of ether oxygens (including phenoxy) is 1. The van der Waals surface area contributed by atoms with Crippen LogP contribution in [0.3, 0.4) is 0 Å². The van der Waals surface area contributed by atoms with E-state index >= 15 is 0 Å². The zero-order valence-corrected chi connectivity index (χ0v) is 14.6. The highest BCUT2D eigenvalue weighted by Crippen LogP contribution is 2.30. The maximum atomic E-state index is 12.7. The van der Waals surface area contributed by atoms with Crippen molar-refractivity contribution >= 4 is 23.6 Å². The highest BCUT2D eigenvalue weighted by atomic mass is 32.2. The highest BCUT2D eigenvalue weighted by Gasteiger charge is 2.45. The standard InChI is InChI=1S/C17H22N2O4S/c1-18-11-17(23-10-15(18)21)6-7-19(12-17)16(22)13-2-4-14(5-3-13)24-9-8-20/h2-5,20H,6-12H2,1H3/t17-/m0/s1. The lowest BCUT2D eigenvalue weighted by Gasteiger charge is -2.38. The molecule has 0 radical (unpaired) electrons. The summed E-state index contributed by atoms with van der Waals surface area (Å²) in [5, 5.41) is 8.85. The van der Waals surface area contributed by atoms with Crippen molar-refractivity contribution in [2.24, 2.45) is 0 Å². The lowest BCUT2D eigenvalue weighted by Crippen LogP contribution is -2.54. The van der Waals surface area contributed by atoms with E-state index in [-0.39, 0.29) is 25.0 Å². The van der Waals surface area contributed by atoms with Crippen LogP contribution in [0.25, 0.3) is 0 Å². The Bertz CT molecular complexity index is 622. The minimum absolute atomic E-state index is 0.00580. The Kier molecular flexibility index (Phi) is 5.12. The molecule has 1 aromatic carbocycles. The molecule has 3 rings (SSSR count). The van der Waals surface area contributed by atoms with Crippen molar-refractivity contribution in [2.45, 2.75) is 16.9 Å². The molecule has 1 N–H and O–H groups in total. The van der Waals surface area contributed by atoms with Gasteiger partial charge in [-0.15, -0.1) is 11.8 Å². The third-order valence-corrected chi connectivity index (χ3v) is 5.51. The Morgan fingerprint density at radius 2 is 2.08 bits per heavy atom. The van der Waals surface area contributed by atoms with E-state index < -0.39 is 5.60 Å². The predicted molar refractivity (Wildman–Crippen MR) is 91.1 cm³/mol. The number of aliphatic hydroxyl groups excluding tert-OH is 1. The smallest absolute Gasteiger partial charge is 0.253 e. The van der Waals surface area contributed by atoms with Crippen molar-refractivity contribution in [3.05, 3.63) is 29.8 Å². The number of hydrogen-bond acceptors (Lipinski definition) is 5. The van der Waals surface area contributed by atoms with Gasteiger partial charge in [-0.25, -0.2) is 0 Å². The number of rotatable bonds is 4. The Hall–Kier alpha value is -1.57. The summed E-state index contributed by atoms with van der Waals surface area (Å²) in [5.41, 5.74) is 0.232. The molecule has 0 unspecified atom stereocenters. The van der Waals surface area contributed by atoms with Crippen molar-refractivity contribution in [3.63, 3.8) is 0 Å². The molecule has 0 aromatic heterocycles. The topological polar surface area (TPSA) is 70.1 Å². The molecule has 130 valence electrons. The van der Waals surface area contributed by atoms with Gasteiger partial charge in [0.25, 0.3) is 5.91 Å². The van der Waals surface area contributed by atoms with Gasteiger partial charge in [0.2, 0.25) is 5.91 Å². The van der Waals surface area contributed by atoms with Crippen LogP contribution >= 0.6 is 11.8 Å². The molecule has 2 heterocycles. The molecule has 1 spiro atoms. The fraction of sp³-hybridized carbons (Fsp3) is 0.529. The second-order valence-corrected chi connectivity index (χ2v) is 7.46. The Morgan fingerprint density at radius 1 is 1.33 bits per heavy atom. The van der Waals surface area contributed by atoms with Gasteiger partial charge in [-0.05, 0) is 30.7 Å². The maximum Gasteiger partial charge on any atom is 0.253 e. The number of benzene rings is 1.